The van der Waals surface area contributed by atoms with Crippen molar-refractivity contribution in [3.05, 3.63) is 59.7 Å². The maximum Gasteiger partial charge on any atom is 0.319 e. The van der Waals surface area contributed by atoms with Crippen molar-refractivity contribution < 1.29 is 14.5 Å². The minimum Gasteiger partial charge on any atom is -0.494 e. The summed E-state index contributed by atoms with van der Waals surface area (Å²) in [4.78, 5) is 15.3. The molecule has 0 radical (unpaired) electrons. The molecular formula is C22H24N5O2+. The predicted molar refractivity (Wildman–Crippen MR) is 113 cm³/mol. The highest BCUT2D eigenvalue weighted by Gasteiger charge is 2.13. The number of urea groups is 1. The van der Waals surface area contributed by atoms with Gasteiger partial charge < -0.3 is 15.4 Å². The molecule has 2 aromatic carbocycles. The Morgan fingerprint density at radius 1 is 1.17 bits per heavy atom. The molecule has 4 N–H and O–H groups in total. The highest BCUT2D eigenvalue weighted by molar-refractivity contribution is 5.90. The van der Waals surface area contributed by atoms with Crippen molar-refractivity contribution in [2.45, 2.75) is 13.8 Å². The number of aryl methyl sites for hydroxylation is 1. The molecule has 7 nitrogen and oxygen atoms in total. The SMILES string of the molecule is CCOc1ccc2[nH+]c(NCCNC(=O)Nc3ccccc3C)c(C#N)cc2c1. The van der Waals surface area contributed by atoms with Crippen LogP contribution >= 0.6 is 0 Å². The van der Waals surface area contributed by atoms with Crippen LogP contribution in [0.5, 0.6) is 5.75 Å². The van der Waals surface area contributed by atoms with Gasteiger partial charge in [-0.25, -0.2) is 9.78 Å². The van der Waals surface area contributed by atoms with Gasteiger partial charge in [-0.05, 0) is 49.7 Å². The van der Waals surface area contributed by atoms with Gasteiger partial charge in [-0.2, -0.15) is 5.26 Å². The summed E-state index contributed by atoms with van der Waals surface area (Å²) in [5.74, 6) is 1.38. The number of aromatic amines is 1. The second kappa shape index (κ2) is 9.42. The van der Waals surface area contributed by atoms with Crippen LogP contribution in [0.1, 0.15) is 18.1 Å². The summed E-state index contributed by atoms with van der Waals surface area (Å²) < 4.78 is 5.51. The number of rotatable bonds is 7. The highest BCUT2D eigenvalue weighted by Crippen LogP contribution is 2.21. The first-order chi connectivity index (χ1) is 14.1. The Balaban J connectivity index is 1.58. The van der Waals surface area contributed by atoms with Crippen LogP contribution in [0.25, 0.3) is 10.9 Å². The highest BCUT2D eigenvalue weighted by atomic mass is 16.5. The molecule has 2 amide bonds. The van der Waals surface area contributed by atoms with Crippen LogP contribution in [-0.2, 0) is 0 Å². The molecule has 3 aromatic rings. The van der Waals surface area contributed by atoms with Gasteiger partial charge in [0.1, 0.15) is 29.4 Å². The lowest BCUT2D eigenvalue weighted by Crippen LogP contribution is -2.33. The Morgan fingerprint density at radius 3 is 2.76 bits per heavy atom. The average Bonchev–Trinajstić information content (AvgIpc) is 2.72. The van der Waals surface area contributed by atoms with Crippen molar-refractivity contribution in [3.63, 3.8) is 0 Å². The lowest BCUT2D eigenvalue weighted by atomic mass is 10.1. The van der Waals surface area contributed by atoms with E-state index in [9.17, 15) is 10.1 Å². The molecule has 1 heterocycles. The number of pyridine rings is 1. The van der Waals surface area contributed by atoms with E-state index in [0.717, 1.165) is 27.9 Å². The molecule has 0 aliphatic rings. The van der Waals surface area contributed by atoms with E-state index in [4.69, 9.17) is 4.74 Å². The summed E-state index contributed by atoms with van der Waals surface area (Å²) in [5.41, 5.74) is 3.16. The molecule has 0 saturated heterocycles. The molecule has 0 saturated carbocycles. The number of para-hydroxylation sites is 1. The van der Waals surface area contributed by atoms with Gasteiger partial charge in [-0.3, -0.25) is 5.32 Å². The number of H-pyrrole nitrogens is 1. The number of hydrogen-bond acceptors (Lipinski definition) is 4. The van der Waals surface area contributed by atoms with Crippen molar-refractivity contribution >= 4 is 28.4 Å². The molecule has 7 heteroatoms. The van der Waals surface area contributed by atoms with Gasteiger partial charge in [0, 0.05) is 11.1 Å². The van der Waals surface area contributed by atoms with E-state index >= 15 is 0 Å². The molecule has 3 rings (SSSR count). The van der Waals surface area contributed by atoms with Crippen molar-refractivity contribution in [1.82, 2.24) is 5.32 Å². The molecule has 0 unspecified atom stereocenters. The zero-order valence-corrected chi connectivity index (χ0v) is 16.5. The van der Waals surface area contributed by atoms with Crippen LogP contribution in [0.15, 0.2) is 48.5 Å². The van der Waals surface area contributed by atoms with Crippen LogP contribution < -0.4 is 25.7 Å². The number of benzene rings is 2. The van der Waals surface area contributed by atoms with Crippen LogP contribution in [-0.4, -0.2) is 25.7 Å². The number of hydrogen-bond donors (Lipinski definition) is 3. The second-order valence-corrected chi connectivity index (χ2v) is 6.47. The number of carbonyl (C=O) groups is 1. The first-order valence-electron chi connectivity index (χ1n) is 9.48. The summed E-state index contributed by atoms with van der Waals surface area (Å²) >= 11 is 0. The van der Waals surface area contributed by atoms with Gasteiger partial charge in [0.2, 0.25) is 0 Å². The first-order valence-corrected chi connectivity index (χ1v) is 9.48. The first kappa shape index (κ1) is 20.0. The second-order valence-electron chi connectivity index (χ2n) is 6.47. The Morgan fingerprint density at radius 2 is 2.00 bits per heavy atom. The quantitative estimate of drug-likeness (QED) is 0.538. The molecule has 0 fully saturated rings. The third-order valence-electron chi connectivity index (χ3n) is 4.39. The lowest BCUT2D eigenvalue weighted by molar-refractivity contribution is -0.327. The van der Waals surface area contributed by atoms with Gasteiger partial charge in [0.05, 0.1) is 13.2 Å². The molecule has 0 atom stereocenters. The van der Waals surface area contributed by atoms with E-state index < -0.39 is 0 Å². The number of carbonyl (C=O) groups excluding carboxylic acids is 1. The molecular weight excluding hydrogens is 366 g/mol. The third-order valence-corrected chi connectivity index (χ3v) is 4.39. The fourth-order valence-electron chi connectivity index (χ4n) is 2.93. The number of fused-ring (bicyclic) bond motifs is 1. The predicted octanol–water partition coefficient (Wildman–Crippen LogP) is 3.47. The van der Waals surface area contributed by atoms with E-state index in [0.29, 0.717) is 31.1 Å². The maximum absolute atomic E-state index is 12.0. The number of nitrogens with zero attached hydrogens (tertiary/aromatic N) is 1. The largest absolute Gasteiger partial charge is 0.494 e. The monoisotopic (exact) mass is 390 g/mol. The molecule has 29 heavy (non-hydrogen) atoms. The molecule has 1 aromatic heterocycles. The topological polar surface area (TPSA) is 100 Å². The zero-order valence-electron chi connectivity index (χ0n) is 16.5. The van der Waals surface area contributed by atoms with Crippen molar-refractivity contribution in [2.75, 3.05) is 30.3 Å². The number of amides is 2. The van der Waals surface area contributed by atoms with Gasteiger partial charge in [0.25, 0.3) is 5.82 Å². The summed E-state index contributed by atoms with van der Waals surface area (Å²) in [5, 5.41) is 19.2. The fourth-order valence-corrected chi connectivity index (χ4v) is 2.93. The minimum atomic E-state index is -0.271. The standard InChI is InChI=1S/C22H23N5O2/c1-3-29-18-8-9-20-16(13-18)12-17(14-23)21(26-20)24-10-11-25-22(28)27-19-7-5-4-6-15(19)2/h4-9,12-13H,3,10-11H2,1-2H3,(H,24,26)(H2,25,27,28)/p+1. The third kappa shape index (κ3) is 5.14. The van der Waals surface area contributed by atoms with Crippen LogP contribution in [0, 0.1) is 18.3 Å². The number of nitrogens with one attached hydrogen (secondary N) is 4. The van der Waals surface area contributed by atoms with Crippen molar-refractivity contribution in [1.29, 1.82) is 5.26 Å². The van der Waals surface area contributed by atoms with Gasteiger partial charge in [0.15, 0.2) is 0 Å². The van der Waals surface area contributed by atoms with E-state index in [1.54, 1.807) is 0 Å². The summed E-state index contributed by atoms with van der Waals surface area (Å²) in [6.45, 7) is 5.32. The molecule has 0 aliphatic carbocycles. The minimum absolute atomic E-state index is 0.271. The summed E-state index contributed by atoms with van der Waals surface area (Å²) in [6, 6.07) is 17.0. The molecule has 0 spiro atoms. The Labute approximate surface area is 169 Å². The van der Waals surface area contributed by atoms with E-state index in [2.05, 4.69) is 27.0 Å². The van der Waals surface area contributed by atoms with Gasteiger partial charge in [-0.1, -0.05) is 18.2 Å². The number of anilines is 2. The Bertz CT molecular complexity index is 1060. The zero-order chi connectivity index (χ0) is 20.6. The van der Waals surface area contributed by atoms with Gasteiger partial charge in [-0.15, -0.1) is 0 Å². The van der Waals surface area contributed by atoms with E-state index in [1.165, 1.54) is 0 Å². The van der Waals surface area contributed by atoms with E-state index in [-0.39, 0.29) is 6.03 Å². The summed E-state index contributed by atoms with van der Waals surface area (Å²) in [6.07, 6.45) is 0. The lowest BCUT2D eigenvalue weighted by Gasteiger charge is -2.09. The van der Waals surface area contributed by atoms with Crippen LogP contribution in [0.2, 0.25) is 0 Å². The normalized spacial score (nSPS) is 10.2. The average molecular weight is 390 g/mol. The maximum atomic E-state index is 12.0. The molecule has 0 aliphatic heterocycles. The Kier molecular flexibility index (Phi) is 6.48. The van der Waals surface area contributed by atoms with Crippen molar-refractivity contribution in [3.8, 4) is 11.8 Å². The van der Waals surface area contributed by atoms with Crippen LogP contribution in [0.3, 0.4) is 0 Å². The fraction of sp³-hybridized carbons (Fsp3) is 0.227. The Hall–Kier alpha value is -3.79. The number of nitriles is 1. The number of ether oxygens (including phenoxy) is 1. The van der Waals surface area contributed by atoms with E-state index in [1.807, 2.05) is 62.4 Å². The van der Waals surface area contributed by atoms with Crippen molar-refractivity contribution in [2.24, 2.45) is 0 Å². The molecule has 148 valence electrons. The smallest absolute Gasteiger partial charge is 0.319 e. The summed E-state index contributed by atoms with van der Waals surface area (Å²) in [7, 11) is 0. The number of aromatic nitrogens is 1. The van der Waals surface area contributed by atoms with Crippen LogP contribution in [0.4, 0.5) is 16.3 Å². The molecule has 0 bridgehead atoms. The van der Waals surface area contributed by atoms with Gasteiger partial charge >= 0.3 is 6.03 Å².